The maximum Gasteiger partial charge on any atom is 0.140 e. The Balaban J connectivity index is 1.46. The summed E-state index contributed by atoms with van der Waals surface area (Å²) in [7, 11) is 0. The normalized spacial score (nSPS) is 21.5. The third kappa shape index (κ3) is 4.53. The molecule has 2 aromatic rings. The number of hydrogen-bond acceptors (Lipinski definition) is 3. The topological polar surface area (TPSA) is 32.7 Å². The number of likely N-dealkylation sites (tertiary alicyclic amines) is 1. The molecular weight excluding hydrogens is 293 g/mol. The highest BCUT2D eigenvalue weighted by atomic mass is 19.1. The Kier molecular flexibility index (Phi) is 5.26. The molecule has 1 saturated heterocycles. The van der Waals surface area contributed by atoms with Crippen molar-refractivity contribution in [3.63, 3.8) is 0 Å². The highest BCUT2D eigenvalue weighted by Gasteiger charge is 2.30. The summed E-state index contributed by atoms with van der Waals surface area (Å²) < 4.78 is 19.1. The number of hydrogen-bond donors (Lipinski definition) is 1. The summed E-state index contributed by atoms with van der Waals surface area (Å²) in [5.41, 5.74) is 2.36. The summed E-state index contributed by atoms with van der Waals surface area (Å²) in [5.74, 6) is 0.842. The Morgan fingerprint density at radius 3 is 2.39 bits per heavy atom. The van der Waals surface area contributed by atoms with Crippen molar-refractivity contribution in [3.05, 3.63) is 65.7 Å². The van der Waals surface area contributed by atoms with Crippen molar-refractivity contribution < 1.29 is 14.2 Å². The minimum absolute atomic E-state index is 0.302. The van der Waals surface area contributed by atoms with E-state index in [4.69, 9.17) is 4.74 Å². The average Bonchev–Trinajstić information content (AvgIpc) is 2.88. The molecule has 0 aromatic heterocycles. The molecule has 0 radical (unpaired) electrons. The molecule has 1 aliphatic rings. The lowest BCUT2D eigenvalue weighted by atomic mass is 10.2. The predicted molar refractivity (Wildman–Crippen MR) is 88.3 cm³/mol. The van der Waals surface area contributed by atoms with E-state index in [2.05, 4.69) is 12.1 Å². The first kappa shape index (κ1) is 16.0. The van der Waals surface area contributed by atoms with Crippen LogP contribution in [0.3, 0.4) is 0 Å². The second kappa shape index (κ2) is 7.57. The second-order valence-corrected chi connectivity index (χ2v) is 6.01. The smallest absolute Gasteiger partial charge is 0.140 e. The van der Waals surface area contributed by atoms with Crippen LogP contribution in [-0.2, 0) is 13.0 Å². The van der Waals surface area contributed by atoms with Gasteiger partial charge in [0.05, 0.1) is 12.7 Å². The second-order valence-electron chi connectivity index (χ2n) is 6.01. The molecule has 1 N–H and O–H groups in total. The zero-order valence-electron chi connectivity index (χ0n) is 13.1. The molecule has 23 heavy (non-hydrogen) atoms. The molecule has 1 fully saturated rings. The summed E-state index contributed by atoms with van der Waals surface area (Å²) in [6.07, 6.45) is -1.10. The standard InChI is InChI=1S/C19H22FNO2/c20-18-13-21(14-19(18)22)12-16-6-8-17(9-7-16)23-11-10-15-4-2-1-3-5-15/h1-9,18-19,22H,10-14H2/t18-,19-/m1/s1. The molecule has 122 valence electrons. The van der Waals surface area contributed by atoms with Crippen molar-refractivity contribution in [2.75, 3.05) is 19.7 Å². The Labute approximate surface area is 136 Å². The fourth-order valence-electron chi connectivity index (χ4n) is 2.83. The van der Waals surface area contributed by atoms with E-state index in [1.165, 1.54) is 5.56 Å². The first-order chi connectivity index (χ1) is 11.2. The van der Waals surface area contributed by atoms with Gasteiger partial charge in [0, 0.05) is 26.1 Å². The van der Waals surface area contributed by atoms with Gasteiger partial charge in [-0.25, -0.2) is 4.39 Å². The summed E-state index contributed by atoms with van der Waals surface area (Å²) in [5, 5.41) is 9.44. The van der Waals surface area contributed by atoms with Gasteiger partial charge in [0.25, 0.3) is 0 Å². The molecular formula is C19H22FNO2. The van der Waals surface area contributed by atoms with Crippen LogP contribution in [0.2, 0.25) is 0 Å². The van der Waals surface area contributed by atoms with Crippen LogP contribution < -0.4 is 4.74 Å². The maximum absolute atomic E-state index is 13.3. The molecule has 0 aliphatic carbocycles. The lowest BCUT2D eigenvalue weighted by Gasteiger charge is -2.15. The first-order valence-corrected chi connectivity index (χ1v) is 8.01. The summed E-state index contributed by atoms with van der Waals surface area (Å²) in [6, 6.07) is 18.1. The number of nitrogens with zero attached hydrogens (tertiary/aromatic N) is 1. The van der Waals surface area contributed by atoms with Gasteiger partial charge in [-0.2, -0.15) is 0 Å². The SMILES string of the molecule is O[C@@H]1CN(Cc2ccc(OCCc3ccccc3)cc2)C[C@H]1F. The minimum atomic E-state index is -1.13. The van der Waals surface area contributed by atoms with E-state index in [0.717, 1.165) is 17.7 Å². The van der Waals surface area contributed by atoms with Crippen molar-refractivity contribution in [3.8, 4) is 5.75 Å². The van der Waals surface area contributed by atoms with Crippen LogP contribution >= 0.6 is 0 Å². The highest BCUT2D eigenvalue weighted by Crippen LogP contribution is 2.18. The molecule has 0 unspecified atom stereocenters. The molecule has 3 rings (SSSR count). The fourth-order valence-corrected chi connectivity index (χ4v) is 2.83. The predicted octanol–water partition coefficient (Wildman–Crippen LogP) is 2.82. The van der Waals surface area contributed by atoms with Crippen molar-refractivity contribution in [2.24, 2.45) is 0 Å². The molecule has 0 amide bonds. The zero-order valence-corrected chi connectivity index (χ0v) is 13.1. The molecule has 0 saturated carbocycles. The molecule has 1 heterocycles. The number of halogens is 1. The maximum atomic E-state index is 13.3. The van der Waals surface area contributed by atoms with E-state index in [-0.39, 0.29) is 0 Å². The van der Waals surface area contributed by atoms with Crippen molar-refractivity contribution in [1.82, 2.24) is 4.90 Å². The van der Waals surface area contributed by atoms with E-state index in [1.54, 1.807) is 0 Å². The molecule has 0 spiro atoms. The van der Waals surface area contributed by atoms with Gasteiger partial charge in [-0.1, -0.05) is 42.5 Å². The molecule has 2 atom stereocenters. The Morgan fingerprint density at radius 2 is 1.74 bits per heavy atom. The van der Waals surface area contributed by atoms with E-state index in [0.29, 0.717) is 26.2 Å². The van der Waals surface area contributed by atoms with Gasteiger partial charge in [-0.3, -0.25) is 4.90 Å². The largest absolute Gasteiger partial charge is 0.493 e. The van der Waals surface area contributed by atoms with Gasteiger partial charge in [-0.15, -0.1) is 0 Å². The van der Waals surface area contributed by atoms with Crippen LogP contribution in [0.15, 0.2) is 54.6 Å². The van der Waals surface area contributed by atoms with Crippen molar-refractivity contribution in [2.45, 2.75) is 25.2 Å². The van der Waals surface area contributed by atoms with Crippen LogP contribution in [0.4, 0.5) is 4.39 Å². The van der Waals surface area contributed by atoms with Crippen LogP contribution in [0.25, 0.3) is 0 Å². The summed E-state index contributed by atoms with van der Waals surface area (Å²) in [4.78, 5) is 1.93. The fraction of sp³-hybridized carbons (Fsp3) is 0.368. The van der Waals surface area contributed by atoms with Gasteiger partial charge < -0.3 is 9.84 Å². The van der Waals surface area contributed by atoms with Gasteiger partial charge in [0.2, 0.25) is 0 Å². The number of β-amino-alcohol motifs (C(OH)–C–C–N with tert-alkyl or cyclic N) is 1. The van der Waals surface area contributed by atoms with Crippen LogP contribution in [0.5, 0.6) is 5.75 Å². The third-order valence-electron chi connectivity index (χ3n) is 4.13. The highest BCUT2D eigenvalue weighted by molar-refractivity contribution is 5.27. The quantitative estimate of drug-likeness (QED) is 0.890. The molecule has 2 aromatic carbocycles. The Bertz CT molecular complexity index is 593. The minimum Gasteiger partial charge on any atom is -0.493 e. The number of benzene rings is 2. The molecule has 4 heteroatoms. The number of alkyl halides is 1. The average molecular weight is 315 g/mol. The van der Waals surface area contributed by atoms with Crippen molar-refractivity contribution in [1.29, 1.82) is 0 Å². The first-order valence-electron chi connectivity index (χ1n) is 8.01. The van der Waals surface area contributed by atoms with Gasteiger partial charge in [0.15, 0.2) is 0 Å². The van der Waals surface area contributed by atoms with E-state index in [1.807, 2.05) is 47.4 Å². The van der Waals surface area contributed by atoms with Gasteiger partial charge in [-0.05, 0) is 23.3 Å². The summed E-state index contributed by atoms with van der Waals surface area (Å²) >= 11 is 0. The third-order valence-corrected chi connectivity index (χ3v) is 4.13. The molecule has 3 nitrogen and oxygen atoms in total. The zero-order chi connectivity index (χ0) is 16.1. The molecule has 1 aliphatic heterocycles. The summed E-state index contributed by atoms with van der Waals surface area (Å²) in [6.45, 7) is 2.00. The van der Waals surface area contributed by atoms with Crippen LogP contribution in [-0.4, -0.2) is 42.0 Å². The number of aliphatic hydroxyl groups is 1. The lowest BCUT2D eigenvalue weighted by molar-refractivity contribution is 0.115. The number of ether oxygens (including phenoxy) is 1. The van der Waals surface area contributed by atoms with Gasteiger partial charge >= 0.3 is 0 Å². The molecule has 0 bridgehead atoms. The van der Waals surface area contributed by atoms with E-state index >= 15 is 0 Å². The monoisotopic (exact) mass is 315 g/mol. The lowest BCUT2D eigenvalue weighted by Crippen LogP contribution is -2.21. The Morgan fingerprint density at radius 1 is 1.00 bits per heavy atom. The number of aliphatic hydroxyl groups excluding tert-OH is 1. The van der Waals surface area contributed by atoms with Crippen LogP contribution in [0, 0.1) is 0 Å². The number of rotatable bonds is 6. The van der Waals surface area contributed by atoms with Gasteiger partial charge in [0.1, 0.15) is 11.9 Å². The van der Waals surface area contributed by atoms with Crippen LogP contribution in [0.1, 0.15) is 11.1 Å². The van der Waals surface area contributed by atoms with Crippen molar-refractivity contribution >= 4 is 0 Å². The van der Waals surface area contributed by atoms with E-state index < -0.39 is 12.3 Å². The van der Waals surface area contributed by atoms with E-state index in [9.17, 15) is 9.50 Å². The Hall–Kier alpha value is -1.91.